The number of esters is 1. The Labute approximate surface area is 112 Å². The summed E-state index contributed by atoms with van der Waals surface area (Å²) in [4.78, 5) is 11.8. The molecule has 1 rings (SSSR count). The molecule has 0 aliphatic carbocycles. The van der Waals surface area contributed by atoms with Crippen molar-refractivity contribution in [1.82, 2.24) is 0 Å². The van der Waals surface area contributed by atoms with Crippen molar-refractivity contribution in [1.29, 1.82) is 0 Å². The van der Waals surface area contributed by atoms with Gasteiger partial charge in [0.2, 0.25) is 0 Å². The van der Waals surface area contributed by atoms with E-state index >= 15 is 0 Å². The molecule has 0 bridgehead atoms. The Balaban J connectivity index is 2.46. The lowest BCUT2D eigenvalue weighted by molar-refractivity contribution is -0.139. The third-order valence-corrected chi connectivity index (χ3v) is 3.88. The lowest BCUT2D eigenvalue weighted by Crippen LogP contribution is -2.08. The van der Waals surface area contributed by atoms with Crippen molar-refractivity contribution in [3.63, 3.8) is 0 Å². The van der Waals surface area contributed by atoms with Gasteiger partial charge in [-0.05, 0) is 33.1 Å². The van der Waals surface area contributed by atoms with Gasteiger partial charge in [-0.15, -0.1) is 0 Å². The molecule has 1 aliphatic rings. The Morgan fingerprint density at radius 3 is 1.89 bits per heavy atom. The molecule has 0 radical (unpaired) electrons. The highest BCUT2D eigenvalue weighted by molar-refractivity contribution is 5.88. The Morgan fingerprint density at radius 2 is 1.28 bits per heavy atom. The van der Waals surface area contributed by atoms with Gasteiger partial charge in [0.25, 0.3) is 0 Å². The number of ether oxygens (including phenoxy) is 1. The molecular formula is C16H28O2. The summed E-state index contributed by atoms with van der Waals surface area (Å²) in [5.41, 5.74) is 2.03. The van der Waals surface area contributed by atoms with Gasteiger partial charge in [0.05, 0.1) is 6.61 Å². The molecule has 2 nitrogen and oxygen atoms in total. The molecule has 0 aromatic rings. The average Bonchev–Trinajstić information content (AvgIpc) is 2.38. The zero-order valence-corrected chi connectivity index (χ0v) is 12.1. The van der Waals surface area contributed by atoms with Crippen LogP contribution >= 0.6 is 0 Å². The molecule has 0 atom stereocenters. The van der Waals surface area contributed by atoms with Crippen LogP contribution in [-0.2, 0) is 9.53 Å². The Kier molecular flexibility index (Phi) is 7.79. The molecule has 0 saturated heterocycles. The van der Waals surface area contributed by atoms with Gasteiger partial charge < -0.3 is 4.74 Å². The maximum absolute atomic E-state index is 11.8. The zero-order chi connectivity index (χ0) is 13.2. The molecule has 0 amide bonds. The second kappa shape index (κ2) is 9.18. The predicted molar refractivity (Wildman–Crippen MR) is 75.5 cm³/mol. The number of hydrogen-bond donors (Lipinski definition) is 0. The molecule has 0 saturated carbocycles. The van der Waals surface area contributed by atoms with Crippen molar-refractivity contribution < 1.29 is 9.53 Å². The number of allylic oxidation sites excluding steroid dienone is 1. The molecule has 0 unspecified atom stereocenters. The van der Waals surface area contributed by atoms with E-state index in [0.717, 1.165) is 18.4 Å². The van der Waals surface area contributed by atoms with Gasteiger partial charge >= 0.3 is 5.97 Å². The van der Waals surface area contributed by atoms with E-state index in [1.165, 1.54) is 56.9 Å². The fourth-order valence-electron chi connectivity index (χ4n) is 2.36. The third-order valence-electron chi connectivity index (χ3n) is 3.88. The lowest BCUT2D eigenvalue weighted by Gasteiger charge is -2.08. The lowest BCUT2D eigenvalue weighted by atomic mass is 10.0. The summed E-state index contributed by atoms with van der Waals surface area (Å²) in [5.74, 6) is -0.109. The van der Waals surface area contributed by atoms with Crippen molar-refractivity contribution in [2.24, 2.45) is 0 Å². The van der Waals surface area contributed by atoms with Crippen LogP contribution in [-0.4, -0.2) is 12.6 Å². The minimum Gasteiger partial charge on any atom is -0.462 e. The molecule has 2 heteroatoms. The zero-order valence-electron chi connectivity index (χ0n) is 12.1. The first-order valence-corrected chi connectivity index (χ1v) is 7.55. The standard InChI is InChI=1S/C16H28O2/c1-14-12-10-8-6-4-3-5-7-9-11-13-18-16(17)15(14)2/h3-13H2,1-2H3/b15-14-. The Hall–Kier alpha value is -0.790. The van der Waals surface area contributed by atoms with Crippen LogP contribution in [0.3, 0.4) is 0 Å². The van der Waals surface area contributed by atoms with Gasteiger partial charge in [-0.25, -0.2) is 4.79 Å². The molecule has 0 fully saturated rings. The number of carbonyl (C=O) groups is 1. The largest absolute Gasteiger partial charge is 0.462 e. The SMILES string of the molecule is C/C1=C(\C)C(=O)OCCCCCCCCCCC1. The van der Waals surface area contributed by atoms with Crippen LogP contribution in [0.15, 0.2) is 11.1 Å². The van der Waals surface area contributed by atoms with Crippen molar-refractivity contribution in [2.75, 3.05) is 6.61 Å². The van der Waals surface area contributed by atoms with Gasteiger partial charge in [-0.3, -0.25) is 0 Å². The van der Waals surface area contributed by atoms with Crippen molar-refractivity contribution in [2.45, 2.75) is 78.1 Å². The van der Waals surface area contributed by atoms with Crippen LogP contribution in [0.4, 0.5) is 0 Å². The van der Waals surface area contributed by atoms with E-state index < -0.39 is 0 Å². The second-order valence-corrected chi connectivity index (χ2v) is 5.47. The number of rotatable bonds is 0. The minimum absolute atomic E-state index is 0.109. The highest BCUT2D eigenvalue weighted by Gasteiger charge is 2.09. The summed E-state index contributed by atoms with van der Waals surface area (Å²) < 4.78 is 5.30. The molecule has 1 aliphatic heterocycles. The van der Waals surface area contributed by atoms with Crippen LogP contribution in [0.1, 0.15) is 78.1 Å². The maximum atomic E-state index is 11.8. The van der Waals surface area contributed by atoms with Crippen LogP contribution in [0, 0.1) is 0 Å². The van der Waals surface area contributed by atoms with E-state index in [0.29, 0.717) is 6.61 Å². The maximum Gasteiger partial charge on any atom is 0.333 e. The van der Waals surface area contributed by atoms with E-state index in [1.807, 2.05) is 6.92 Å². The van der Waals surface area contributed by atoms with E-state index in [2.05, 4.69) is 6.92 Å². The van der Waals surface area contributed by atoms with Crippen LogP contribution in [0.25, 0.3) is 0 Å². The third kappa shape index (κ3) is 6.23. The first-order chi connectivity index (χ1) is 8.72. The topological polar surface area (TPSA) is 26.3 Å². The van der Waals surface area contributed by atoms with E-state index in [4.69, 9.17) is 4.74 Å². The molecule has 104 valence electrons. The summed E-state index contributed by atoms with van der Waals surface area (Å²) in [6, 6.07) is 0. The van der Waals surface area contributed by atoms with Crippen molar-refractivity contribution >= 4 is 5.97 Å². The molecular weight excluding hydrogens is 224 g/mol. The first-order valence-electron chi connectivity index (χ1n) is 7.55. The van der Waals surface area contributed by atoms with Crippen LogP contribution < -0.4 is 0 Å². The van der Waals surface area contributed by atoms with Gasteiger partial charge in [-0.2, -0.15) is 0 Å². The normalized spacial score (nSPS) is 26.0. The highest BCUT2D eigenvalue weighted by Crippen LogP contribution is 2.17. The second-order valence-electron chi connectivity index (χ2n) is 5.47. The average molecular weight is 252 g/mol. The molecule has 18 heavy (non-hydrogen) atoms. The van der Waals surface area contributed by atoms with Gasteiger partial charge in [0.15, 0.2) is 0 Å². The Bertz CT molecular complexity index is 279. The van der Waals surface area contributed by atoms with E-state index in [9.17, 15) is 4.79 Å². The quantitative estimate of drug-likeness (QED) is 0.580. The molecule has 1 heterocycles. The van der Waals surface area contributed by atoms with Crippen molar-refractivity contribution in [3.05, 3.63) is 11.1 Å². The number of carbonyl (C=O) groups excluding carboxylic acids is 1. The number of cyclic esters (lactones) is 1. The summed E-state index contributed by atoms with van der Waals surface area (Å²) >= 11 is 0. The summed E-state index contributed by atoms with van der Waals surface area (Å²) in [7, 11) is 0. The van der Waals surface area contributed by atoms with Crippen LogP contribution in [0.2, 0.25) is 0 Å². The summed E-state index contributed by atoms with van der Waals surface area (Å²) in [5, 5.41) is 0. The van der Waals surface area contributed by atoms with Gasteiger partial charge in [-0.1, -0.05) is 50.5 Å². The minimum atomic E-state index is -0.109. The number of hydrogen-bond acceptors (Lipinski definition) is 2. The van der Waals surface area contributed by atoms with Crippen molar-refractivity contribution in [3.8, 4) is 0 Å². The monoisotopic (exact) mass is 252 g/mol. The van der Waals surface area contributed by atoms with Gasteiger partial charge in [0.1, 0.15) is 0 Å². The fraction of sp³-hybridized carbons (Fsp3) is 0.812. The molecule has 0 aromatic heterocycles. The Morgan fingerprint density at radius 1 is 0.778 bits per heavy atom. The molecule has 0 aromatic carbocycles. The first kappa shape index (κ1) is 15.3. The van der Waals surface area contributed by atoms with Gasteiger partial charge in [0, 0.05) is 5.57 Å². The van der Waals surface area contributed by atoms with E-state index in [-0.39, 0.29) is 5.97 Å². The highest BCUT2D eigenvalue weighted by atomic mass is 16.5. The van der Waals surface area contributed by atoms with E-state index in [1.54, 1.807) is 0 Å². The molecule has 0 spiro atoms. The summed E-state index contributed by atoms with van der Waals surface area (Å²) in [6.07, 6.45) is 12.4. The predicted octanol–water partition coefficient (Wildman–Crippen LogP) is 4.78. The summed E-state index contributed by atoms with van der Waals surface area (Å²) in [6.45, 7) is 4.55. The van der Waals surface area contributed by atoms with Crippen LogP contribution in [0.5, 0.6) is 0 Å². The fourth-order valence-corrected chi connectivity index (χ4v) is 2.36. The smallest absolute Gasteiger partial charge is 0.333 e. The molecule has 0 N–H and O–H groups in total.